The molecule has 1 aromatic carbocycles. The van der Waals surface area contributed by atoms with Crippen molar-refractivity contribution in [2.45, 2.75) is 6.18 Å². The minimum Gasteiger partial charge on any atom is -0.384 e. The van der Waals surface area contributed by atoms with E-state index < -0.39 is 17.6 Å². The van der Waals surface area contributed by atoms with Crippen molar-refractivity contribution in [2.24, 2.45) is 7.05 Å². The van der Waals surface area contributed by atoms with Gasteiger partial charge in [-0.3, -0.25) is 4.68 Å². The number of nitrogens with two attached hydrogens (primary N) is 1. The molecular formula is C11H9F4N3. The maximum absolute atomic E-state index is 13.5. The standard InChI is InChI=1S/C11H9F4N3/c1-18-10(16)5-9(17-18)7-4-6(11(13,14)15)2-3-8(7)12/h2-5H,16H2,1H3. The molecule has 2 N–H and O–H groups in total. The van der Waals surface area contributed by atoms with Crippen LogP contribution in [0.15, 0.2) is 24.3 Å². The molecule has 0 radical (unpaired) electrons. The highest BCUT2D eigenvalue weighted by Gasteiger charge is 2.31. The average molecular weight is 259 g/mol. The second kappa shape index (κ2) is 4.01. The summed E-state index contributed by atoms with van der Waals surface area (Å²) in [6.45, 7) is 0. The molecule has 0 saturated carbocycles. The number of nitrogens with zero attached hydrogens (tertiary/aromatic N) is 2. The monoisotopic (exact) mass is 259 g/mol. The molecule has 7 heteroatoms. The van der Waals surface area contributed by atoms with Gasteiger partial charge < -0.3 is 5.73 Å². The highest BCUT2D eigenvalue weighted by molar-refractivity contribution is 5.64. The Balaban J connectivity index is 2.56. The summed E-state index contributed by atoms with van der Waals surface area (Å²) >= 11 is 0. The number of halogens is 4. The van der Waals surface area contributed by atoms with Gasteiger partial charge in [0.2, 0.25) is 0 Å². The highest BCUT2D eigenvalue weighted by Crippen LogP contribution is 2.33. The van der Waals surface area contributed by atoms with E-state index in [1.807, 2.05) is 0 Å². The van der Waals surface area contributed by atoms with Crippen molar-refractivity contribution in [3.63, 3.8) is 0 Å². The van der Waals surface area contributed by atoms with E-state index in [1.165, 1.54) is 17.8 Å². The van der Waals surface area contributed by atoms with Crippen LogP contribution in [0.1, 0.15) is 5.56 Å². The number of anilines is 1. The quantitative estimate of drug-likeness (QED) is 0.800. The molecule has 96 valence electrons. The summed E-state index contributed by atoms with van der Waals surface area (Å²) in [6.07, 6.45) is -4.53. The predicted octanol–water partition coefficient (Wildman–Crippen LogP) is 2.83. The molecule has 1 heterocycles. The van der Waals surface area contributed by atoms with Gasteiger partial charge in [0.1, 0.15) is 11.6 Å². The molecule has 1 aromatic heterocycles. The molecule has 0 atom stereocenters. The predicted molar refractivity (Wildman–Crippen MR) is 58.0 cm³/mol. The minimum absolute atomic E-state index is 0.0681. The molecular weight excluding hydrogens is 250 g/mol. The van der Waals surface area contributed by atoms with Crippen LogP contribution in [0.25, 0.3) is 11.3 Å². The lowest BCUT2D eigenvalue weighted by Gasteiger charge is -2.08. The van der Waals surface area contributed by atoms with Crippen molar-refractivity contribution < 1.29 is 17.6 Å². The van der Waals surface area contributed by atoms with E-state index in [-0.39, 0.29) is 17.1 Å². The molecule has 0 fully saturated rings. The molecule has 0 aliphatic rings. The van der Waals surface area contributed by atoms with E-state index in [4.69, 9.17) is 5.73 Å². The fourth-order valence-electron chi connectivity index (χ4n) is 1.51. The Hall–Kier alpha value is -2.05. The van der Waals surface area contributed by atoms with Gasteiger partial charge in [0.05, 0.1) is 11.3 Å². The Morgan fingerprint density at radius 3 is 2.39 bits per heavy atom. The normalized spacial score (nSPS) is 11.8. The average Bonchev–Trinajstić information content (AvgIpc) is 2.58. The largest absolute Gasteiger partial charge is 0.416 e. The fourth-order valence-corrected chi connectivity index (χ4v) is 1.51. The zero-order valence-corrected chi connectivity index (χ0v) is 9.29. The fraction of sp³-hybridized carbons (Fsp3) is 0.182. The molecule has 2 rings (SSSR count). The third-order valence-corrected chi connectivity index (χ3v) is 2.49. The third kappa shape index (κ3) is 2.15. The summed E-state index contributed by atoms with van der Waals surface area (Å²) in [5.74, 6) is -0.539. The SMILES string of the molecule is Cn1nc(-c2cc(C(F)(F)F)ccc2F)cc1N. The smallest absolute Gasteiger partial charge is 0.384 e. The molecule has 0 amide bonds. The zero-order valence-electron chi connectivity index (χ0n) is 9.29. The lowest BCUT2D eigenvalue weighted by Crippen LogP contribution is -2.05. The maximum Gasteiger partial charge on any atom is 0.416 e. The summed E-state index contributed by atoms with van der Waals surface area (Å²) in [7, 11) is 1.52. The van der Waals surface area contributed by atoms with Gasteiger partial charge in [0.25, 0.3) is 0 Å². The zero-order chi connectivity index (χ0) is 13.5. The van der Waals surface area contributed by atoms with Gasteiger partial charge in [-0.2, -0.15) is 18.3 Å². The Morgan fingerprint density at radius 2 is 1.89 bits per heavy atom. The first kappa shape index (κ1) is 12.4. The van der Waals surface area contributed by atoms with E-state index in [9.17, 15) is 17.6 Å². The van der Waals surface area contributed by atoms with Gasteiger partial charge >= 0.3 is 6.18 Å². The van der Waals surface area contributed by atoms with E-state index in [1.54, 1.807) is 0 Å². The number of benzene rings is 1. The van der Waals surface area contributed by atoms with Crippen molar-refractivity contribution >= 4 is 5.82 Å². The highest BCUT2D eigenvalue weighted by atomic mass is 19.4. The van der Waals surface area contributed by atoms with E-state index in [0.717, 1.165) is 12.1 Å². The van der Waals surface area contributed by atoms with Crippen molar-refractivity contribution in [1.82, 2.24) is 9.78 Å². The van der Waals surface area contributed by atoms with Crippen molar-refractivity contribution in [1.29, 1.82) is 0 Å². The van der Waals surface area contributed by atoms with E-state index in [0.29, 0.717) is 6.07 Å². The van der Waals surface area contributed by atoms with Crippen LogP contribution in [0, 0.1) is 5.82 Å². The van der Waals surface area contributed by atoms with Crippen LogP contribution >= 0.6 is 0 Å². The van der Waals surface area contributed by atoms with Crippen LogP contribution in [0.2, 0.25) is 0 Å². The number of hydrogen-bond acceptors (Lipinski definition) is 2. The van der Waals surface area contributed by atoms with Gasteiger partial charge in [0, 0.05) is 18.7 Å². The second-order valence-electron chi connectivity index (χ2n) is 3.77. The Bertz CT molecular complexity index is 567. The summed E-state index contributed by atoms with van der Waals surface area (Å²) in [5.41, 5.74) is 4.42. The van der Waals surface area contributed by atoms with Crippen LogP contribution in [-0.4, -0.2) is 9.78 Å². The van der Waals surface area contributed by atoms with Crippen LogP contribution in [0.3, 0.4) is 0 Å². The topological polar surface area (TPSA) is 43.8 Å². The Kier molecular flexibility index (Phi) is 2.76. The third-order valence-electron chi connectivity index (χ3n) is 2.49. The van der Waals surface area contributed by atoms with Gasteiger partial charge in [-0.25, -0.2) is 4.39 Å². The van der Waals surface area contributed by atoms with E-state index in [2.05, 4.69) is 5.10 Å². The molecule has 2 aromatic rings. The maximum atomic E-state index is 13.5. The first-order chi connectivity index (χ1) is 8.29. The molecule has 0 saturated heterocycles. The first-order valence-electron chi connectivity index (χ1n) is 4.95. The lowest BCUT2D eigenvalue weighted by atomic mass is 10.1. The second-order valence-corrected chi connectivity index (χ2v) is 3.77. The first-order valence-corrected chi connectivity index (χ1v) is 4.95. The minimum atomic E-state index is -4.53. The van der Waals surface area contributed by atoms with Crippen LogP contribution in [-0.2, 0) is 13.2 Å². The molecule has 0 bridgehead atoms. The molecule has 3 nitrogen and oxygen atoms in total. The number of aryl methyl sites for hydroxylation is 1. The Labute approximate surface area is 99.8 Å². The molecule has 0 spiro atoms. The number of nitrogen functional groups attached to an aromatic ring is 1. The number of hydrogen-bond donors (Lipinski definition) is 1. The van der Waals surface area contributed by atoms with Crippen molar-refractivity contribution in [3.8, 4) is 11.3 Å². The van der Waals surface area contributed by atoms with Crippen molar-refractivity contribution in [3.05, 3.63) is 35.6 Å². The van der Waals surface area contributed by atoms with Crippen LogP contribution < -0.4 is 5.73 Å². The number of alkyl halides is 3. The van der Waals surface area contributed by atoms with E-state index >= 15 is 0 Å². The molecule has 0 aliphatic heterocycles. The van der Waals surface area contributed by atoms with Gasteiger partial charge in [-0.1, -0.05) is 0 Å². The summed E-state index contributed by atoms with van der Waals surface area (Å²) in [5, 5.41) is 3.85. The molecule has 0 aliphatic carbocycles. The van der Waals surface area contributed by atoms with Crippen molar-refractivity contribution in [2.75, 3.05) is 5.73 Å². The Morgan fingerprint density at radius 1 is 1.22 bits per heavy atom. The summed E-state index contributed by atoms with van der Waals surface area (Å²) < 4.78 is 52.4. The summed E-state index contributed by atoms with van der Waals surface area (Å²) in [6, 6.07) is 3.49. The van der Waals surface area contributed by atoms with Gasteiger partial charge in [0.15, 0.2) is 0 Å². The van der Waals surface area contributed by atoms with Gasteiger partial charge in [-0.15, -0.1) is 0 Å². The number of aromatic nitrogens is 2. The molecule has 18 heavy (non-hydrogen) atoms. The van der Waals surface area contributed by atoms with Gasteiger partial charge in [-0.05, 0) is 18.2 Å². The summed E-state index contributed by atoms with van der Waals surface area (Å²) in [4.78, 5) is 0. The lowest BCUT2D eigenvalue weighted by molar-refractivity contribution is -0.137. The van der Waals surface area contributed by atoms with Crippen LogP contribution in [0.5, 0.6) is 0 Å². The number of rotatable bonds is 1. The molecule has 0 unspecified atom stereocenters. The van der Waals surface area contributed by atoms with Crippen LogP contribution in [0.4, 0.5) is 23.4 Å².